The van der Waals surface area contributed by atoms with Crippen LogP contribution in [0.15, 0.2) is 60.7 Å². The van der Waals surface area contributed by atoms with Gasteiger partial charge in [-0.3, -0.25) is 0 Å². The van der Waals surface area contributed by atoms with E-state index in [2.05, 4.69) is 0 Å². The van der Waals surface area contributed by atoms with Crippen molar-refractivity contribution in [1.82, 2.24) is 0 Å². The molecule has 1 aliphatic heterocycles. The summed E-state index contributed by atoms with van der Waals surface area (Å²) in [5.41, 5.74) is 1.35. The van der Waals surface area contributed by atoms with Crippen molar-refractivity contribution in [2.45, 2.75) is 13.2 Å². The molecule has 0 atom stereocenters. The number of benzene rings is 1. The van der Waals surface area contributed by atoms with E-state index in [4.69, 9.17) is 18.9 Å². The van der Waals surface area contributed by atoms with Crippen LogP contribution in [0.25, 0.3) is 0 Å². The van der Waals surface area contributed by atoms with E-state index in [0.29, 0.717) is 11.1 Å². The van der Waals surface area contributed by atoms with Crippen molar-refractivity contribution >= 4 is 23.9 Å². The van der Waals surface area contributed by atoms with E-state index in [1.165, 1.54) is 12.2 Å². The van der Waals surface area contributed by atoms with Crippen LogP contribution in [0, 0.1) is 0 Å². The molecule has 0 radical (unpaired) electrons. The van der Waals surface area contributed by atoms with Gasteiger partial charge >= 0.3 is 23.9 Å². The predicted octanol–water partition coefficient (Wildman–Crippen LogP) is 1.54. The number of hydrogen-bond acceptors (Lipinski definition) is 8. The fraction of sp³-hybridized carbons (Fsp3) is 0.200. The highest BCUT2D eigenvalue weighted by atomic mass is 16.5. The van der Waals surface area contributed by atoms with Crippen LogP contribution < -0.4 is 0 Å². The van der Waals surface area contributed by atoms with Crippen LogP contribution in [-0.2, 0) is 51.3 Å². The molecule has 0 amide bonds. The lowest BCUT2D eigenvalue weighted by Crippen LogP contribution is -2.05. The zero-order valence-electron chi connectivity index (χ0n) is 14.9. The summed E-state index contributed by atoms with van der Waals surface area (Å²) in [5, 5.41) is 0. The first-order valence-corrected chi connectivity index (χ1v) is 8.29. The number of hydrogen-bond donors (Lipinski definition) is 0. The Morgan fingerprint density at radius 3 is 1.39 bits per heavy atom. The van der Waals surface area contributed by atoms with Gasteiger partial charge in [0.05, 0.1) is 0 Å². The van der Waals surface area contributed by atoms with Gasteiger partial charge in [-0.1, -0.05) is 18.2 Å². The van der Waals surface area contributed by atoms with Gasteiger partial charge < -0.3 is 18.9 Å². The Hall–Kier alpha value is -3.68. The van der Waals surface area contributed by atoms with E-state index < -0.39 is 23.9 Å². The van der Waals surface area contributed by atoms with Crippen molar-refractivity contribution in [3.05, 3.63) is 71.8 Å². The Kier molecular flexibility index (Phi) is 8.19. The lowest BCUT2D eigenvalue weighted by atomic mass is 10.1. The topological polar surface area (TPSA) is 105 Å². The molecule has 146 valence electrons. The SMILES string of the molecule is O=C1/C=C\C(=O)OCc2cccc(c2)COC(=O)/C=C\C(=O)OC/C=C/CO1. The summed E-state index contributed by atoms with van der Waals surface area (Å²) >= 11 is 0. The standard InChI is InChI=1S/C20H18O8/c21-17-6-8-19(23)27-13-15-4-3-5-16(12-15)14-28-20(24)9-7-18(22)26-11-2-1-10-25-17/h1-9,12H,10-11,13-14H2/b2-1+,8-6-,9-7-. The van der Waals surface area contributed by atoms with Crippen LogP contribution in [-0.4, -0.2) is 37.1 Å². The first kappa shape index (κ1) is 20.6. The second kappa shape index (κ2) is 11.1. The van der Waals surface area contributed by atoms with E-state index in [9.17, 15) is 19.2 Å². The average Bonchev–Trinajstić information content (AvgIpc) is 2.69. The van der Waals surface area contributed by atoms with Gasteiger partial charge in [0.1, 0.15) is 26.4 Å². The molecule has 0 saturated carbocycles. The molecule has 1 aliphatic rings. The monoisotopic (exact) mass is 386 g/mol. The predicted molar refractivity (Wildman–Crippen MR) is 95.4 cm³/mol. The quantitative estimate of drug-likeness (QED) is 0.376. The third-order valence-corrected chi connectivity index (χ3v) is 3.27. The summed E-state index contributed by atoms with van der Waals surface area (Å²) in [7, 11) is 0. The zero-order valence-corrected chi connectivity index (χ0v) is 14.9. The van der Waals surface area contributed by atoms with E-state index >= 15 is 0 Å². The number of fused-ring (bicyclic) bond motifs is 2. The largest absolute Gasteiger partial charge is 0.458 e. The van der Waals surface area contributed by atoms with Crippen molar-refractivity contribution in [1.29, 1.82) is 0 Å². The molecule has 1 heterocycles. The molecule has 1 aromatic rings. The van der Waals surface area contributed by atoms with Gasteiger partial charge in [0.25, 0.3) is 0 Å². The molecule has 0 fully saturated rings. The third-order valence-electron chi connectivity index (χ3n) is 3.27. The van der Waals surface area contributed by atoms with Crippen molar-refractivity contribution in [2.75, 3.05) is 13.2 Å². The minimum absolute atomic E-state index is 0.0194. The minimum Gasteiger partial charge on any atom is -0.458 e. The van der Waals surface area contributed by atoms with E-state index in [1.54, 1.807) is 24.3 Å². The number of carbonyl (C=O) groups is 4. The van der Waals surface area contributed by atoms with Crippen LogP contribution in [0.1, 0.15) is 11.1 Å². The Bertz CT molecular complexity index is 756. The lowest BCUT2D eigenvalue weighted by molar-refractivity contribution is -0.140. The number of rotatable bonds is 0. The van der Waals surface area contributed by atoms with Gasteiger partial charge in [-0.2, -0.15) is 0 Å². The van der Waals surface area contributed by atoms with Gasteiger partial charge in [0, 0.05) is 24.3 Å². The molecule has 0 aromatic heterocycles. The molecule has 0 N–H and O–H groups in total. The van der Waals surface area contributed by atoms with Crippen molar-refractivity contribution in [3.63, 3.8) is 0 Å². The first-order chi connectivity index (χ1) is 13.5. The summed E-state index contributed by atoms with van der Waals surface area (Å²) in [5.74, 6) is -2.84. The van der Waals surface area contributed by atoms with Crippen LogP contribution in [0.2, 0.25) is 0 Å². The fourth-order valence-corrected chi connectivity index (χ4v) is 1.98. The summed E-state index contributed by atoms with van der Waals surface area (Å²) in [6.07, 6.45) is 6.77. The molecule has 0 spiro atoms. The van der Waals surface area contributed by atoms with E-state index in [-0.39, 0.29) is 26.4 Å². The molecule has 0 aliphatic carbocycles. The highest BCUT2D eigenvalue weighted by Crippen LogP contribution is 2.09. The highest BCUT2D eigenvalue weighted by molar-refractivity contribution is 5.92. The molecule has 2 rings (SSSR count). The van der Waals surface area contributed by atoms with Crippen LogP contribution in [0.5, 0.6) is 0 Å². The van der Waals surface area contributed by atoms with Gasteiger partial charge in [0.2, 0.25) is 0 Å². The van der Waals surface area contributed by atoms with Crippen LogP contribution in [0.4, 0.5) is 0 Å². The normalized spacial score (nSPS) is 20.4. The summed E-state index contributed by atoms with van der Waals surface area (Å²) in [6, 6.07) is 6.88. The van der Waals surface area contributed by atoms with E-state index in [0.717, 1.165) is 24.3 Å². The van der Waals surface area contributed by atoms with Gasteiger partial charge in [-0.25, -0.2) is 19.2 Å². The Balaban J connectivity index is 2.06. The van der Waals surface area contributed by atoms with Crippen molar-refractivity contribution in [2.24, 2.45) is 0 Å². The van der Waals surface area contributed by atoms with Gasteiger partial charge in [0.15, 0.2) is 0 Å². The Morgan fingerprint density at radius 1 is 0.571 bits per heavy atom. The molecule has 8 heteroatoms. The second-order valence-electron chi connectivity index (χ2n) is 5.43. The van der Waals surface area contributed by atoms with Crippen molar-refractivity contribution < 1.29 is 38.1 Å². The number of carbonyl (C=O) groups excluding carboxylic acids is 4. The minimum atomic E-state index is -0.718. The Morgan fingerprint density at radius 2 is 0.964 bits per heavy atom. The van der Waals surface area contributed by atoms with E-state index in [1.807, 2.05) is 0 Å². The van der Waals surface area contributed by atoms with Crippen LogP contribution in [0.3, 0.4) is 0 Å². The van der Waals surface area contributed by atoms with Gasteiger partial charge in [-0.05, 0) is 29.3 Å². The average molecular weight is 386 g/mol. The van der Waals surface area contributed by atoms with Crippen molar-refractivity contribution in [3.8, 4) is 0 Å². The third kappa shape index (κ3) is 8.13. The maximum absolute atomic E-state index is 11.7. The molecule has 8 nitrogen and oxygen atoms in total. The number of cyclic esters (lactones) is 4. The maximum atomic E-state index is 11.7. The number of esters is 4. The summed E-state index contributed by atoms with van der Waals surface area (Å²) < 4.78 is 19.7. The summed E-state index contributed by atoms with van der Waals surface area (Å²) in [4.78, 5) is 46.3. The molecule has 28 heavy (non-hydrogen) atoms. The molecular formula is C20H18O8. The van der Waals surface area contributed by atoms with Crippen LogP contribution >= 0.6 is 0 Å². The molecule has 2 bridgehead atoms. The molecule has 1 aromatic carbocycles. The molecule has 0 saturated heterocycles. The molecular weight excluding hydrogens is 368 g/mol. The summed E-state index contributed by atoms with van der Waals surface area (Å²) in [6.45, 7) is -0.168. The highest BCUT2D eigenvalue weighted by Gasteiger charge is 2.05. The maximum Gasteiger partial charge on any atom is 0.331 e. The second-order valence-corrected chi connectivity index (χ2v) is 5.43. The number of ether oxygens (including phenoxy) is 4. The van der Waals surface area contributed by atoms with Gasteiger partial charge in [-0.15, -0.1) is 0 Å². The Labute approximate surface area is 161 Å². The molecule has 0 unspecified atom stereocenters. The smallest absolute Gasteiger partial charge is 0.331 e. The fourth-order valence-electron chi connectivity index (χ4n) is 1.98. The zero-order chi connectivity index (χ0) is 20.2. The lowest BCUT2D eigenvalue weighted by Gasteiger charge is -2.06. The first-order valence-electron chi connectivity index (χ1n) is 8.29.